The van der Waals surface area contributed by atoms with Gasteiger partial charge in [-0.1, -0.05) is 73.8 Å². The molecule has 0 atom stereocenters. The number of nitrogens with zero attached hydrogens (tertiary/aromatic N) is 2. The van der Waals surface area contributed by atoms with E-state index in [1.54, 1.807) is 0 Å². The normalized spacial score (nSPS) is 11.1. The molecule has 0 radical (unpaired) electrons. The van der Waals surface area contributed by atoms with Crippen LogP contribution >= 0.6 is 0 Å². The molecule has 4 aromatic carbocycles. The molecule has 0 saturated carbocycles. The summed E-state index contributed by atoms with van der Waals surface area (Å²) in [6.45, 7) is 10.1. The number of hydrogen-bond donors (Lipinski definition) is 0. The monoisotopic (exact) mass is 514 g/mol. The van der Waals surface area contributed by atoms with Crippen LogP contribution in [0.3, 0.4) is 0 Å². The van der Waals surface area contributed by atoms with Gasteiger partial charge in [0.2, 0.25) is 0 Å². The van der Waals surface area contributed by atoms with E-state index in [1.165, 1.54) is 0 Å². The molecule has 0 N–H and O–H groups in total. The van der Waals surface area contributed by atoms with Crippen LogP contribution in [0.4, 0.5) is 0 Å². The Bertz CT molecular complexity index is 1260. The number of aliphatic imine (C=N–C) groups is 2. The van der Waals surface area contributed by atoms with Gasteiger partial charge in [0.25, 0.3) is 0 Å². The van der Waals surface area contributed by atoms with Crippen molar-refractivity contribution in [2.45, 2.75) is 19.6 Å². The molecule has 0 aromatic heterocycles. The zero-order chi connectivity index (χ0) is 27.1. The van der Waals surface area contributed by atoms with Crippen LogP contribution in [0.15, 0.2) is 120 Å². The largest absolute Gasteiger partial charge is 0.489 e. The van der Waals surface area contributed by atoms with Crippen LogP contribution in [0.5, 0.6) is 11.5 Å². The SMILES string of the molecule is C=Cc1ccc(COc2ccc(/C=N/CCC/N=C/c3ccc(OCc4ccc(C=C)cc4)cc3)cc2)cc1. The lowest BCUT2D eigenvalue weighted by molar-refractivity contribution is 0.306. The molecule has 4 aromatic rings. The summed E-state index contributed by atoms with van der Waals surface area (Å²) in [6, 6.07) is 32.3. The van der Waals surface area contributed by atoms with Gasteiger partial charge in [-0.2, -0.15) is 0 Å². The first-order chi connectivity index (χ1) is 19.2. The Morgan fingerprint density at radius 1 is 0.487 bits per heavy atom. The number of ether oxygens (including phenoxy) is 2. The van der Waals surface area contributed by atoms with Gasteiger partial charge in [0, 0.05) is 25.5 Å². The van der Waals surface area contributed by atoms with Crippen molar-refractivity contribution in [3.05, 3.63) is 144 Å². The van der Waals surface area contributed by atoms with E-state index < -0.39 is 0 Å². The summed E-state index contributed by atoms with van der Waals surface area (Å²) >= 11 is 0. The molecule has 39 heavy (non-hydrogen) atoms. The van der Waals surface area contributed by atoms with E-state index in [-0.39, 0.29) is 0 Å². The Balaban J connectivity index is 1.11. The van der Waals surface area contributed by atoms with Crippen molar-refractivity contribution < 1.29 is 9.47 Å². The van der Waals surface area contributed by atoms with Crippen LogP contribution in [0.25, 0.3) is 12.2 Å². The minimum absolute atomic E-state index is 0.537. The summed E-state index contributed by atoms with van der Waals surface area (Å²) in [6.07, 6.45) is 8.36. The quantitative estimate of drug-likeness (QED) is 0.126. The van der Waals surface area contributed by atoms with Crippen molar-refractivity contribution in [2.24, 2.45) is 9.98 Å². The molecular weight excluding hydrogens is 480 g/mol. The first-order valence-electron chi connectivity index (χ1n) is 13.1. The highest BCUT2D eigenvalue weighted by Crippen LogP contribution is 2.16. The van der Waals surface area contributed by atoms with Crippen molar-refractivity contribution >= 4 is 24.6 Å². The van der Waals surface area contributed by atoms with Crippen molar-refractivity contribution in [1.29, 1.82) is 0 Å². The fraction of sp³-hybridized carbons (Fsp3) is 0.143. The van der Waals surface area contributed by atoms with Gasteiger partial charge in [-0.15, -0.1) is 0 Å². The molecule has 0 spiro atoms. The zero-order valence-corrected chi connectivity index (χ0v) is 22.2. The predicted octanol–water partition coefficient (Wildman–Crippen LogP) is 8.06. The highest BCUT2D eigenvalue weighted by atomic mass is 16.5. The lowest BCUT2D eigenvalue weighted by atomic mass is 10.1. The molecule has 196 valence electrons. The van der Waals surface area contributed by atoms with Crippen LogP contribution in [0.2, 0.25) is 0 Å². The summed E-state index contributed by atoms with van der Waals surface area (Å²) in [5, 5.41) is 0. The zero-order valence-electron chi connectivity index (χ0n) is 22.2. The third-order valence-corrected chi connectivity index (χ3v) is 6.06. The van der Waals surface area contributed by atoms with Crippen molar-refractivity contribution in [3.8, 4) is 11.5 Å². The van der Waals surface area contributed by atoms with E-state index in [0.29, 0.717) is 13.2 Å². The van der Waals surface area contributed by atoms with E-state index in [4.69, 9.17) is 9.47 Å². The van der Waals surface area contributed by atoms with E-state index in [0.717, 1.165) is 64.4 Å². The Hall–Kier alpha value is -4.70. The van der Waals surface area contributed by atoms with Crippen molar-refractivity contribution in [3.63, 3.8) is 0 Å². The van der Waals surface area contributed by atoms with Crippen LogP contribution in [-0.4, -0.2) is 25.5 Å². The summed E-state index contributed by atoms with van der Waals surface area (Å²) in [7, 11) is 0. The van der Waals surface area contributed by atoms with Gasteiger partial charge in [0.1, 0.15) is 24.7 Å². The van der Waals surface area contributed by atoms with Crippen LogP contribution in [0.1, 0.15) is 39.8 Å². The molecule has 0 aliphatic heterocycles. The maximum absolute atomic E-state index is 5.88. The molecule has 0 amide bonds. The van der Waals surface area contributed by atoms with Crippen molar-refractivity contribution in [1.82, 2.24) is 0 Å². The summed E-state index contributed by atoms with van der Waals surface area (Å²) in [5.41, 5.74) is 6.57. The molecule has 0 aliphatic carbocycles. The fourth-order valence-corrected chi connectivity index (χ4v) is 3.73. The maximum Gasteiger partial charge on any atom is 0.119 e. The second-order valence-electron chi connectivity index (χ2n) is 9.03. The standard InChI is InChI=1S/C35H34N2O2/c1-3-28-6-10-32(11-7-28)26-38-34-18-14-30(15-19-34)24-36-22-5-23-37-25-31-16-20-35(21-17-31)39-27-33-12-8-29(4-2)9-13-33/h3-4,6-21,24-25H,1-2,5,22-23,26-27H2/b36-24+,37-25+. The molecule has 0 unspecified atom stereocenters. The first-order valence-corrected chi connectivity index (χ1v) is 13.1. The van der Waals surface area contributed by atoms with Gasteiger partial charge < -0.3 is 9.47 Å². The maximum atomic E-state index is 5.88. The number of rotatable bonds is 14. The lowest BCUT2D eigenvalue weighted by Gasteiger charge is -2.07. The number of benzene rings is 4. The lowest BCUT2D eigenvalue weighted by Crippen LogP contribution is -1.96. The van der Waals surface area contributed by atoms with E-state index in [1.807, 2.05) is 97.4 Å². The summed E-state index contributed by atoms with van der Waals surface area (Å²) in [4.78, 5) is 9.05. The second kappa shape index (κ2) is 14.9. The van der Waals surface area contributed by atoms with Gasteiger partial charge in [-0.25, -0.2) is 0 Å². The van der Waals surface area contributed by atoms with E-state index >= 15 is 0 Å². The van der Waals surface area contributed by atoms with Gasteiger partial charge in [-0.3, -0.25) is 9.98 Å². The second-order valence-corrected chi connectivity index (χ2v) is 9.03. The predicted molar refractivity (Wildman–Crippen MR) is 164 cm³/mol. The van der Waals surface area contributed by atoms with Crippen LogP contribution in [0, 0.1) is 0 Å². The Labute approximate surface area is 231 Å². The van der Waals surface area contributed by atoms with E-state index in [2.05, 4.69) is 47.4 Å². The number of hydrogen-bond acceptors (Lipinski definition) is 4. The summed E-state index contributed by atoms with van der Waals surface area (Å²) < 4.78 is 11.8. The minimum atomic E-state index is 0.537. The van der Waals surface area contributed by atoms with Crippen LogP contribution in [-0.2, 0) is 13.2 Å². The fourth-order valence-electron chi connectivity index (χ4n) is 3.73. The third kappa shape index (κ3) is 9.28. The molecule has 4 nitrogen and oxygen atoms in total. The Morgan fingerprint density at radius 3 is 1.21 bits per heavy atom. The van der Waals surface area contributed by atoms with Gasteiger partial charge in [-0.05, 0) is 88.3 Å². The molecule has 0 fully saturated rings. The summed E-state index contributed by atoms with van der Waals surface area (Å²) in [5.74, 6) is 1.68. The smallest absolute Gasteiger partial charge is 0.119 e. The molecular formula is C35H34N2O2. The Kier molecular flexibility index (Phi) is 10.4. The average Bonchev–Trinajstić information content (AvgIpc) is 3.00. The average molecular weight is 515 g/mol. The van der Waals surface area contributed by atoms with Crippen molar-refractivity contribution in [2.75, 3.05) is 13.1 Å². The highest BCUT2D eigenvalue weighted by Gasteiger charge is 1.98. The van der Waals surface area contributed by atoms with Gasteiger partial charge in [0.05, 0.1) is 0 Å². The molecule has 4 rings (SSSR count). The Morgan fingerprint density at radius 2 is 0.846 bits per heavy atom. The van der Waals surface area contributed by atoms with Gasteiger partial charge >= 0.3 is 0 Å². The molecule has 0 heterocycles. The topological polar surface area (TPSA) is 43.2 Å². The molecule has 4 heteroatoms. The minimum Gasteiger partial charge on any atom is -0.489 e. The first kappa shape index (κ1) is 27.3. The van der Waals surface area contributed by atoms with E-state index in [9.17, 15) is 0 Å². The highest BCUT2D eigenvalue weighted by molar-refractivity contribution is 5.80. The van der Waals surface area contributed by atoms with Crippen LogP contribution < -0.4 is 9.47 Å². The molecule has 0 aliphatic rings. The molecule has 0 bridgehead atoms. The van der Waals surface area contributed by atoms with Gasteiger partial charge in [0.15, 0.2) is 0 Å². The molecule has 0 saturated heterocycles. The third-order valence-electron chi connectivity index (χ3n) is 6.06.